The summed E-state index contributed by atoms with van der Waals surface area (Å²) in [6.07, 6.45) is 17.3. The van der Waals surface area contributed by atoms with Crippen LogP contribution in [0.25, 0.3) is 0 Å². The van der Waals surface area contributed by atoms with Gasteiger partial charge in [0.1, 0.15) is 35.4 Å². The maximum Gasteiger partial charge on any atom is 0.213 e. The largest absolute Gasteiger partial charge is 0.357 e. The quantitative estimate of drug-likeness (QED) is 0.150. The van der Waals surface area contributed by atoms with Crippen molar-refractivity contribution in [3.63, 3.8) is 0 Å². The molecular weight excluding hydrogens is 849 g/mol. The molecule has 0 bridgehead atoms. The molecule has 0 aliphatic rings. The summed E-state index contributed by atoms with van der Waals surface area (Å²) in [5.41, 5.74) is 3.53. The highest BCUT2D eigenvalue weighted by molar-refractivity contribution is 7.03. The highest BCUT2D eigenvalue weighted by Gasteiger charge is 1.81. The van der Waals surface area contributed by atoms with E-state index in [4.69, 9.17) is 0 Å². The minimum absolute atomic E-state index is 0.676. The smallest absolute Gasteiger partial charge is 0.213 e. The average Bonchev–Trinajstić information content (AvgIpc) is 4.19. The molecule has 0 radical (unpaired) electrons. The summed E-state index contributed by atoms with van der Waals surface area (Å²) in [6.45, 7) is 41.2. The summed E-state index contributed by atoms with van der Waals surface area (Å²) in [7, 11) is 5.83. The van der Waals surface area contributed by atoms with E-state index in [1.54, 1.807) is 35.8 Å². The van der Waals surface area contributed by atoms with E-state index < -0.39 is 0 Å². The fourth-order valence-electron chi connectivity index (χ4n) is 2.23. The fraction of sp³-hybridized carbons (Fsp3) is 0.545. The van der Waals surface area contributed by atoms with Crippen LogP contribution in [-0.2, 0) is 21.1 Å². The second kappa shape index (κ2) is 71.7. The first-order valence-electron chi connectivity index (χ1n) is 21.8. The summed E-state index contributed by atoms with van der Waals surface area (Å²) < 4.78 is 21.8. The number of hydrogen-bond donors (Lipinski definition) is 1. The van der Waals surface area contributed by atoms with Crippen molar-refractivity contribution in [3.8, 4) is 0 Å². The zero-order chi connectivity index (χ0) is 51.2. The monoisotopic (exact) mass is 937 g/mol. The minimum Gasteiger partial charge on any atom is -0.357 e. The fourth-order valence-corrected chi connectivity index (χ4v) is 3.10. The van der Waals surface area contributed by atoms with Crippen LogP contribution in [0.15, 0.2) is 101 Å². The Morgan fingerprint density at radius 2 is 1.17 bits per heavy atom. The second-order valence-electron chi connectivity index (χ2n) is 8.88. The molecule has 8 rings (SSSR count). The Morgan fingerprint density at radius 3 is 1.30 bits per heavy atom. The molecule has 0 unspecified atom stereocenters. The van der Waals surface area contributed by atoms with E-state index in [9.17, 15) is 0 Å². The highest BCUT2D eigenvalue weighted by Crippen LogP contribution is 1.90. The molecule has 0 aliphatic heterocycles. The van der Waals surface area contributed by atoms with Gasteiger partial charge >= 0.3 is 0 Å². The van der Waals surface area contributed by atoms with Crippen molar-refractivity contribution in [2.75, 3.05) is 0 Å². The molecule has 20 heteroatoms. The van der Waals surface area contributed by atoms with Crippen molar-refractivity contribution >= 4 is 23.1 Å². The van der Waals surface area contributed by atoms with Crippen LogP contribution < -0.4 is 0 Å². The summed E-state index contributed by atoms with van der Waals surface area (Å²) in [6, 6.07) is 5.89. The van der Waals surface area contributed by atoms with Crippen molar-refractivity contribution in [2.24, 2.45) is 21.1 Å². The first-order valence-corrected chi connectivity index (χ1v) is 23.5. The van der Waals surface area contributed by atoms with Gasteiger partial charge in [0.05, 0.1) is 12.0 Å². The van der Waals surface area contributed by atoms with E-state index >= 15 is 0 Å². The Balaban J connectivity index is -0.0000000893. The lowest BCUT2D eigenvalue weighted by Gasteiger charge is -1.79. The van der Waals surface area contributed by atoms with Gasteiger partial charge in [-0.1, -0.05) is 120 Å². The Hall–Kier alpha value is -5.76. The van der Waals surface area contributed by atoms with Gasteiger partial charge in [-0.05, 0) is 75.9 Å². The van der Waals surface area contributed by atoms with Gasteiger partial charge in [-0.25, -0.2) is 15.0 Å². The van der Waals surface area contributed by atoms with E-state index in [1.165, 1.54) is 42.0 Å². The lowest BCUT2D eigenvalue weighted by molar-refractivity contribution is 0.392. The SMILES string of the molecule is CC.CC.CC.CC.CC.CC.CC.CC.Cc1conn1.Cc1csnn1.Cc1ncn[nH]1.Cc1ncon1.Cc1ncsn1.Cn1cccc1.Cn1cccn1.Cn1ccnc1. The van der Waals surface area contributed by atoms with E-state index in [1.807, 2.05) is 217 Å². The van der Waals surface area contributed by atoms with Crippen LogP contribution in [0, 0.1) is 34.6 Å². The molecule has 0 atom stereocenters. The number of nitrogens with zero attached hydrogens (tertiary/aromatic N) is 15. The molecule has 8 aromatic rings. The summed E-state index contributed by atoms with van der Waals surface area (Å²) >= 11 is 2.76. The predicted octanol–water partition coefficient (Wildman–Crippen LogP) is 12.6. The maximum atomic E-state index is 4.35. The van der Waals surface area contributed by atoms with Gasteiger partial charge < -0.3 is 18.2 Å². The number of nitrogens with one attached hydrogen (secondary N) is 1. The molecule has 0 aliphatic carbocycles. The molecule has 0 fully saturated rings. The van der Waals surface area contributed by atoms with Crippen LogP contribution in [0.2, 0.25) is 0 Å². The van der Waals surface area contributed by atoms with Gasteiger partial charge in [-0.3, -0.25) is 9.78 Å². The number of aromatic amines is 1. The average molecular weight is 937 g/mol. The van der Waals surface area contributed by atoms with Crippen LogP contribution in [0.3, 0.4) is 0 Å². The normalized spacial score (nSPS) is 7.38. The standard InChI is InChI=1S/C5H7N.2C4H6N2.C3H5N3.2C3H4N2O.2C3H4N2S.8C2H6/c1-6-4-2-3-5-6;1-6-3-2-5-4-6;1-6-4-2-3-5-6;1-3-4-2-5-6-3;1-3-4-2-6-5-3;1-3-2-6-5-4-3;1-3-4-2-6-5-3;1-3-2-6-5-4-3;8*1-2/h2-5H,1H3;2*2-4H,1H3;2H,1H3,(H,4,5,6);4*2H,1H3;8*1-2H3. The molecule has 0 amide bonds. The Labute approximate surface area is 396 Å². The van der Waals surface area contributed by atoms with Crippen molar-refractivity contribution < 1.29 is 9.05 Å². The molecule has 0 aromatic carbocycles. The third-order valence-corrected chi connectivity index (χ3v) is 5.64. The van der Waals surface area contributed by atoms with Crippen molar-refractivity contribution in [1.29, 1.82) is 0 Å². The van der Waals surface area contributed by atoms with Gasteiger partial charge in [0, 0.05) is 69.0 Å². The predicted molar refractivity (Wildman–Crippen MR) is 271 cm³/mol. The molecule has 64 heavy (non-hydrogen) atoms. The summed E-state index contributed by atoms with van der Waals surface area (Å²) in [4.78, 5) is 15.0. The topological polar surface area (TPSA) is 212 Å². The van der Waals surface area contributed by atoms with Crippen LogP contribution >= 0.6 is 23.1 Å². The van der Waals surface area contributed by atoms with Gasteiger partial charge in [-0.15, -0.1) is 10.2 Å². The van der Waals surface area contributed by atoms with Gasteiger partial charge in [0.25, 0.3) is 0 Å². The maximum absolute atomic E-state index is 4.35. The van der Waals surface area contributed by atoms with E-state index in [2.05, 4.69) is 73.8 Å². The Kier molecular flexibility index (Phi) is 84.7. The molecule has 8 aromatic heterocycles. The molecule has 368 valence electrons. The Morgan fingerprint density at radius 1 is 0.578 bits per heavy atom. The van der Waals surface area contributed by atoms with Crippen molar-refractivity contribution in [2.45, 2.75) is 145 Å². The molecule has 1 N–H and O–H groups in total. The van der Waals surface area contributed by atoms with Crippen LogP contribution in [0.5, 0.6) is 0 Å². The summed E-state index contributed by atoms with van der Waals surface area (Å²) in [5.74, 6) is 2.39. The zero-order valence-electron chi connectivity index (χ0n) is 44.0. The lowest BCUT2D eigenvalue weighted by Crippen LogP contribution is -1.83. The van der Waals surface area contributed by atoms with Crippen molar-refractivity contribution in [3.05, 3.63) is 120 Å². The van der Waals surface area contributed by atoms with Gasteiger partial charge in [-0.2, -0.15) is 19.6 Å². The first-order chi connectivity index (χ1) is 31.2. The number of imidazole rings is 1. The number of hydrogen-bond acceptors (Lipinski definition) is 16. The third-order valence-electron chi connectivity index (χ3n) is 4.44. The van der Waals surface area contributed by atoms with Crippen LogP contribution in [0.1, 0.15) is 140 Å². The first kappa shape index (κ1) is 75.6. The number of aromatic nitrogens is 16. The van der Waals surface area contributed by atoms with Gasteiger partial charge in [0.2, 0.25) is 6.39 Å². The second-order valence-corrected chi connectivity index (χ2v) is 10.1. The van der Waals surface area contributed by atoms with Gasteiger partial charge in [0.15, 0.2) is 5.82 Å². The zero-order valence-corrected chi connectivity index (χ0v) is 45.6. The van der Waals surface area contributed by atoms with Crippen LogP contribution in [-0.4, -0.2) is 78.5 Å². The minimum atomic E-state index is 0.676. The van der Waals surface area contributed by atoms with Crippen LogP contribution in [0.4, 0.5) is 0 Å². The molecule has 0 saturated heterocycles. The Bertz CT molecular complexity index is 1290. The lowest BCUT2D eigenvalue weighted by atomic mass is 10.6. The molecular formula is C44H88N16O2S2. The van der Waals surface area contributed by atoms with E-state index in [-0.39, 0.29) is 0 Å². The molecule has 8 heterocycles. The number of H-pyrrole nitrogens is 1. The van der Waals surface area contributed by atoms with Crippen molar-refractivity contribution in [1.82, 2.24) is 78.5 Å². The highest BCUT2D eigenvalue weighted by atomic mass is 32.1. The number of rotatable bonds is 0. The molecule has 0 saturated carbocycles. The van der Waals surface area contributed by atoms with E-state index in [0.717, 1.165) is 23.0 Å². The number of aryl methyl sites for hydroxylation is 8. The third kappa shape index (κ3) is 68.0. The van der Waals surface area contributed by atoms with E-state index in [0.29, 0.717) is 5.82 Å². The summed E-state index contributed by atoms with van der Waals surface area (Å²) in [5, 5.41) is 25.8. The molecule has 0 spiro atoms. The molecule has 18 nitrogen and oxygen atoms in total.